The summed E-state index contributed by atoms with van der Waals surface area (Å²) in [7, 11) is 1.61. The number of anilines is 2. The Morgan fingerprint density at radius 1 is 1.21 bits per heavy atom. The standard InChI is InChI=1S/C24H26N6O3S/c1-32-20-9-2-3-10-21(20)33-15-7-14-29-13-6-8-19(29)16-18(17-25)22(31)26-23-27-28-24(34-23)30-11-4-5-12-30/h2-3,6,8-10,13,16H,4-5,7,11-12,14-15H2,1H3,(H,26,27,31)/b18-16-. The number of para-hydroxylation sites is 2. The Labute approximate surface area is 202 Å². The monoisotopic (exact) mass is 478 g/mol. The number of amides is 1. The fourth-order valence-corrected chi connectivity index (χ4v) is 4.47. The van der Waals surface area contributed by atoms with Crippen LogP contribution in [0.1, 0.15) is 25.0 Å². The highest BCUT2D eigenvalue weighted by molar-refractivity contribution is 7.19. The second kappa shape index (κ2) is 11.3. The summed E-state index contributed by atoms with van der Waals surface area (Å²) in [6, 6.07) is 13.3. The number of nitrogens with zero attached hydrogens (tertiary/aromatic N) is 5. The number of aromatic nitrogens is 3. The average Bonchev–Trinajstić information content (AvgIpc) is 3.62. The second-order valence-corrected chi connectivity index (χ2v) is 8.64. The van der Waals surface area contributed by atoms with Crippen LogP contribution in [-0.4, -0.2) is 47.5 Å². The lowest BCUT2D eigenvalue weighted by atomic mass is 10.2. The van der Waals surface area contributed by atoms with Gasteiger partial charge in [0.1, 0.15) is 11.6 Å². The molecule has 34 heavy (non-hydrogen) atoms. The van der Waals surface area contributed by atoms with Gasteiger partial charge < -0.3 is 18.9 Å². The number of aryl methyl sites for hydroxylation is 1. The number of rotatable bonds is 10. The van der Waals surface area contributed by atoms with E-state index >= 15 is 0 Å². The molecule has 1 fully saturated rings. The molecule has 1 amide bonds. The minimum atomic E-state index is -0.501. The third kappa shape index (κ3) is 5.74. The van der Waals surface area contributed by atoms with Gasteiger partial charge in [0.05, 0.1) is 13.7 Å². The molecule has 0 saturated carbocycles. The summed E-state index contributed by atoms with van der Waals surface area (Å²) in [6.07, 6.45) is 6.50. The van der Waals surface area contributed by atoms with Crippen molar-refractivity contribution in [3.63, 3.8) is 0 Å². The minimum absolute atomic E-state index is 0.00291. The Kier molecular flexibility index (Phi) is 7.78. The number of carbonyl (C=O) groups excluding carboxylic acids is 1. The van der Waals surface area contributed by atoms with Gasteiger partial charge in [-0.3, -0.25) is 10.1 Å². The zero-order valence-corrected chi connectivity index (χ0v) is 19.8. The topological polar surface area (TPSA) is 105 Å². The van der Waals surface area contributed by atoms with Crippen LogP contribution in [0.2, 0.25) is 0 Å². The van der Waals surface area contributed by atoms with Crippen molar-refractivity contribution < 1.29 is 14.3 Å². The van der Waals surface area contributed by atoms with Gasteiger partial charge in [-0.1, -0.05) is 23.5 Å². The van der Waals surface area contributed by atoms with E-state index in [1.165, 1.54) is 11.3 Å². The molecule has 0 unspecified atom stereocenters. The molecule has 176 valence electrons. The molecule has 0 radical (unpaired) electrons. The predicted molar refractivity (Wildman–Crippen MR) is 131 cm³/mol. The third-order valence-electron chi connectivity index (χ3n) is 5.40. The van der Waals surface area contributed by atoms with E-state index in [0.29, 0.717) is 29.8 Å². The maximum absolute atomic E-state index is 12.7. The van der Waals surface area contributed by atoms with E-state index in [-0.39, 0.29) is 5.57 Å². The van der Waals surface area contributed by atoms with Gasteiger partial charge in [-0.25, -0.2) is 0 Å². The lowest BCUT2D eigenvalue weighted by Crippen LogP contribution is -2.17. The smallest absolute Gasteiger partial charge is 0.268 e. The Balaban J connectivity index is 1.34. The van der Waals surface area contributed by atoms with Crippen LogP contribution in [-0.2, 0) is 11.3 Å². The molecule has 9 nitrogen and oxygen atoms in total. The first kappa shape index (κ1) is 23.3. The molecule has 1 aromatic carbocycles. The van der Waals surface area contributed by atoms with Crippen LogP contribution in [0.4, 0.5) is 10.3 Å². The van der Waals surface area contributed by atoms with E-state index in [2.05, 4.69) is 20.4 Å². The van der Waals surface area contributed by atoms with Crippen molar-refractivity contribution in [2.24, 2.45) is 0 Å². The summed E-state index contributed by atoms with van der Waals surface area (Å²) in [5.41, 5.74) is 0.766. The van der Waals surface area contributed by atoms with Gasteiger partial charge in [0.2, 0.25) is 10.3 Å². The van der Waals surface area contributed by atoms with Gasteiger partial charge in [0.25, 0.3) is 5.91 Å². The molecule has 1 aliphatic heterocycles. The summed E-state index contributed by atoms with van der Waals surface area (Å²) in [5.74, 6) is 0.893. The lowest BCUT2D eigenvalue weighted by molar-refractivity contribution is -0.112. The summed E-state index contributed by atoms with van der Waals surface area (Å²) in [5, 5.41) is 21.6. The summed E-state index contributed by atoms with van der Waals surface area (Å²) < 4.78 is 13.1. The molecule has 1 saturated heterocycles. The van der Waals surface area contributed by atoms with E-state index in [9.17, 15) is 10.1 Å². The molecule has 10 heteroatoms. The Bertz CT molecular complexity index is 1190. The SMILES string of the molecule is COc1ccccc1OCCCn1cccc1/C=C(/C#N)C(=O)Nc1nnc(N2CCCC2)s1. The molecule has 1 aliphatic rings. The first-order chi connectivity index (χ1) is 16.7. The van der Waals surface area contributed by atoms with Crippen LogP contribution in [0.3, 0.4) is 0 Å². The van der Waals surface area contributed by atoms with Gasteiger partial charge in [-0.15, -0.1) is 10.2 Å². The molecule has 2 aromatic heterocycles. The maximum atomic E-state index is 12.7. The number of benzene rings is 1. The molecular formula is C24H26N6O3S. The Morgan fingerprint density at radius 3 is 2.76 bits per heavy atom. The van der Waals surface area contributed by atoms with Crippen molar-refractivity contribution in [1.82, 2.24) is 14.8 Å². The van der Waals surface area contributed by atoms with Crippen molar-refractivity contribution in [1.29, 1.82) is 5.26 Å². The maximum Gasteiger partial charge on any atom is 0.268 e. The third-order valence-corrected chi connectivity index (χ3v) is 6.30. The van der Waals surface area contributed by atoms with Gasteiger partial charge in [0, 0.05) is 31.5 Å². The average molecular weight is 479 g/mol. The quantitative estimate of drug-likeness (QED) is 0.267. The molecule has 0 spiro atoms. The van der Waals surface area contributed by atoms with Crippen LogP contribution in [0, 0.1) is 11.3 Å². The molecule has 1 N–H and O–H groups in total. The van der Waals surface area contributed by atoms with Gasteiger partial charge >= 0.3 is 0 Å². The van der Waals surface area contributed by atoms with Crippen molar-refractivity contribution >= 4 is 33.6 Å². The molecule has 3 heterocycles. The highest BCUT2D eigenvalue weighted by Crippen LogP contribution is 2.27. The van der Waals surface area contributed by atoms with E-state index in [1.54, 1.807) is 13.2 Å². The number of hydrogen-bond acceptors (Lipinski definition) is 8. The number of methoxy groups -OCH3 is 1. The zero-order valence-electron chi connectivity index (χ0n) is 18.9. The first-order valence-electron chi connectivity index (χ1n) is 11.1. The molecule has 0 atom stereocenters. The predicted octanol–water partition coefficient (Wildman–Crippen LogP) is 3.96. The number of ether oxygens (including phenoxy) is 2. The summed E-state index contributed by atoms with van der Waals surface area (Å²) in [4.78, 5) is 14.8. The van der Waals surface area contributed by atoms with Crippen LogP contribution in [0.25, 0.3) is 6.08 Å². The highest BCUT2D eigenvalue weighted by atomic mass is 32.1. The largest absolute Gasteiger partial charge is 0.493 e. The first-order valence-corrected chi connectivity index (χ1v) is 11.9. The van der Waals surface area contributed by atoms with Crippen LogP contribution >= 0.6 is 11.3 Å². The fraction of sp³-hybridized carbons (Fsp3) is 0.333. The normalized spacial score (nSPS) is 13.5. The molecule has 4 rings (SSSR count). The second-order valence-electron chi connectivity index (χ2n) is 7.69. The summed E-state index contributed by atoms with van der Waals surface area (Å²) >= 11 is 1.32. The Morgan fingerprint density at radius 2 is 2.00 bits per heavy atom. The molecule has 0 bridgehead atoms. The van der Waals surface area contributed by atoms with E-state index < -0.39 is 5.91 Å². The van der Waals surface area contributed by atoms with Crippen molar-refractivity contribution in [2.45, 2.75) is 25.8 Å². The van der Waals surface area contributed by atoms with Crippen LogP contribution in [0.15, 0.2) is 48.2 Å². The molecular weight excluding hydrogens is 452 g/mol. The lowest BCUT2D eigenvalue weighted by Gasteiger charge is -2.11. The minimum Gasteiger partial charge on any atom is -0.493 e. The summed E-state index contributed by atoms with van der Waals surface area (Å²) in [6.45, 7) is 3.08. The molecule has 3 aromatic rings. The number of carbonyl (C=O) groups is 1. The van der Waals surface area contributed by atoms with Gasteiger partial charge in [-0.05, 0) is 49.6 Å². The van der Waals surface area contributed by atoms with Crippen molar-refractivity contribution in [3.05, 3.63) is 53.9 Å². The number of nitrogens with one attached hydrogen (secondary N) is 1. The van der Waals surface area contributed by atoms with Crippen LogP contribution < -0.4 is 19.7 Å². The zero-order chi connectivity index (χ0) is 23.8. The van der Waals surface area contributed by atoms with E-state index in [4.69, 9.17) is 9.47 Å². The number of nitriles is 1. The van der Waals surface area contributed by atoms with Crippen molar-refractivity contribution in [2.75, 3.05) is 37.0 Å². The van der Waals surface area contributed by atoms with Crippen LogP contribution in [0.5, 0.6) is 11.5 Å². The fourth-order valence-electron chi connectivity index (χ4n) is 3.68. The van der Waals surface area contributed by atoms with E-state index in [0.717, 1.165) is 43.2 Å². The molecule has 0 aliphatic carbocycles. The van der Waals surface area contributed by atoms with Gasteiger partial charge in [-0.2, -0.15) is 5.26 Å². The van der Waals surface area contributed by atoms with Crippen molar-refractivity contribution in [3.8, 4) is 17.6 Å². The Hall–Kier alpha value is -3.84. The highest BCUT2D eigenvalue weighted by Gasteiger charge is 2.18. The van der Waals surface area contributed by atoms with Gasteiger partial charge in [0.15, 0.2) is 11.5 Å². The van der Waals surface area contributed by atoms with E-state index in [1.807, 2.05) is 53.2 Å². The number of hydrogen-bond donors (Lipinski definition) is 1.